The number of thiophene rings is 1. The zero-order valence-electron chi connectivity index (χ0n) is 17.4. The Morgan fingerprint density at radius 1 is 1.23 bits per heavy atom. The van der Waals surface area contributed by atoms with Gasteiger partial charge < -0.3 is 15.2 Å². The van der Waals surface area contributed by atoms with E-state index < -0.39 is 0 Å². The lowest BCUT2D eigenvalue weighted by Gasteiger charge is -2.19. The van der Waals surface area contributed by atoms with Gasteiger partial charge in [-0.25, -0.2) is 9.38 Å². The summed E-state index contributed by atoms with van der Waals surface area (Å²) in [5, 5.41) is 17.3. The van der Waals surface area contributed by atoms with Crippen molar-refractivity contribution in [1.82, 2.24) is 25.4 Å². The molecule has 3 aromatic rings. The standard InChI is InChI=1S/C22H27FN6S/c1-16-27-28-20(29(16)2)14-25-21(24-11-8-19-7-4-12-30-19)26-15-22(9-10-22)17-5-3-6-18(23)13-17/h3-7,12-13H,8-11,14-15H2,1-2H3,(H2,24,25,26). The van der Waals surface area contributed by atoms with Crippen LogP contribution in [0.1, 0.15) is 34.9 Å². The highest BCUT2D eigenvalue weighted by atomic mass is 32.1. The molecule has 1 aromatic carbocycles. The third-order valence-electron chi connectivity index (χ3n) is 5.69. The van der Waals surface area contributed by atoms with Crippen LogP contribution in [0.3, 0.4) is 0 Å². The van der Waals surface area contributed by atoms with Gasteiger partial charge in [0.05, 0.1) is 0 Å². The Hall–Kier alpha value is -2.74. The van der Waals surface area contributed by atoms with E-state index in [1.165, 1.54) is 10.9 Å². The van der Waals surface area contributed by atoms with Crippen LogP contribution in [0.5, 0.6) is 0 Å². The molecule has 158 valence electrons. The molecule has 1 aliphatic carbocycles. The molecule has 8 heteroatoms. The normalized spacial score (nSPS) is 15.2. The first kappa shape index (κ1) is 20.5. The second kappa shape index (κ2) is 8.95. The van der Waals surface area contributed by atoms with Crippen molar-refractivity contribution < 1.29 is 4.39 Å². The van der Waals surface area contributed by atoms with Gasteiger partial charge in [0.25, 0.3) is 0 Å². The van der Waals surface area contributed by atoms with Crippen LogP contribution in [-0.4, -0.2) is 33.8 Å². The van der Waals surface area contributed by atoms with Crippen LogP contribution in [0.25, 0.3) is 0 Å². The van der Waals surface area contributed by atoms with Crippen molar-refractivity contribution in [1.29, 1.82) is 0 Å². The van der Waals surface area contributed by atoms with E-state index in [0.29, 0.717) is 6.54 Å². The molecule has 0 aliphatic heterocycles. The Bertz CT molecular complexity index is 1010. The van der Waals surface area contributed by atoms with Crippen molar-refractivity contribution in [3.8, 4) is 0 Å². The highest BCUT2D eigenvalue weighted by Gasteiger charge is 2.44. The van der Waals surface area contributed by atoms with E-state index in [0.717, 1.165) is 55.5 Å². The van der Waals surface area contributed by atoms with Crippen LogP contribution >= 0.6 is 11.3 Å². The maximum Gasteiger partial charge on any atom is 0.191 e. The predicted molar refractivity (Wildman–Crippen MR) is 118 cm³/mol. The average Bonchev–Trinajstić information content (AvgIpc) is 3.23. The number of halogens is 1. The summed E-state index contributed by atoms with van der Waals surface area (Å²) in [5.74, 6) is 2.25. The first-order valence-electron chi connectivity index (χ1n) is 10.2. The molecule has 2 heterocycles. The van der Waals surface area contributed by atoms with Crippen LogP contribution in [0.2, 0.25) is 0 Å². The molecule has 0 radical (unpaired) electrons. The van der Waals surface area contributed by atoms with Crippen molar-refractivity contribution in [2.45, 2.75) is 38.1 Å². The molecule has 0 bridgehead atoms. The quantitative estimate of drug-likeness (QED) is 0.428. The highest BCUT2D eigenvalue weighted by molar-refractivity contribution is 7.09. The summed E-state index contributed by atoms with van der Waals surface area (Å²) in [6.45, 7) is 3.88. The lowest BCUT2D eigenvalue weighted by molar-refractivity contribution is 0.606. The maximum atomic E-state index is 13.7. The molecule has 0 amide bonds. The third kappa shape index (κ3) is 4.87. The number of aliphatic imine (C=N–C) groups is 1. The molecule has 0 saturated heterocycles. The largest absolute Gasteiger partial charge is 0.356 e. The van der Waals surface area contributed by atoms with Gasteiger partial charge in [-0.1, -0.05) is 18.2 Å². The number of aryl methyl sites for hydroxylation is 1. The third-order valence-corrected chi connectivity index (χ3v) is 6.63. The summed E-state index contributed by atoms with van der Waals surface area (Å²) < 4.78 is 15.6. The first-order chi connectivity index (χ1) is 14.6. The number of aromatic nitrogens is 3. The number of hydrogen-bond acceptors (Lipinski definition) is 4. The van der Waals surface area contributed by atoms with Crippen molar-refractivity contribution >= 4 is 17.3 Å². The molecule has 30 heavy (non-hydrogen) atoms. The summed E-state index contributed by atoms with van der Waals surface area (Å²) in [7, 11) is 1.95. The molecular formula is C22H27FN6S. The minimum Gasteiger partial charge on any atom is -0.356 e. The molecule has 0 spiro atoms. The van der Waals surface area contributed by atoms with Crippen molar-refractivity contribution in [3.63, 3.8) is 0 Å². The van der Waals surface area contributed by atoms with Crippen LogP contribution in [0, 0.1) is 12.7 Å². The fourth-order valence-electron chi connectivity index (χ4n) is 3.46. The second-order valence-electron chi connectivity index (χ2n) is 7.79. The van der Waals surface area contributed by atoms with Gasteiger partial charge in [0.1, 0.15) is 18.2 Å². The van der Waals surface area contributed by atoms with E-state index in [4.69, 9.17) is 4.99 Å². The van der Waals surface area contributed by atoms with Gasteiger partial charge in [-0.2, -0.15) is 0 Å². The molecule has 1 saturated carbocycles. The predicted octanol–water partition coefficient (Wildman–Crippen LogP) is 3.33. The van der Waals surface area contributed by atoms with Crippen LogP contribution in [0.4, 0.5) is 4.39 Å². The van der Waals surface area contributed by atoms with E-state index in [9.17, 15) is 4.39 Å². The van der Waals surface area contributed by atoms with Crippen molar-refractivity contribution in [2.75, 3.05) is 13.1 Å². The SMILES string of the molecule is Cc1nnc(CN=C(NCCc2cccs2)NCC2(c3cccc(F)c3)CC2)n1C. The van der Waals surface area contributed by atoms with Crippen LogP contribution in [0.15, 0.2) is 46.8 Å². The Balaban J connectivity index is 1.42. The number of nitrogens with one attached hydrogen (secondary N) is 2. The van der Waals surface area contributed by atoms with Crippen LogP contribution < -0.4 is 10.6 Å². The van der Waals surface area contributed by atoms with E-state index in [2.05, 4.69) is 38.3 Å². The smallest absolute Gasteiger partial charge is 0.191 e. The van der Waals surface area contributed by atoms with Gasteiger partial charge >= 0.3 is 0 Å². The molecule has 4 rings (SSSR count). The molecule has 2 N–H and O–H groups in total. The van der Waals surface area contributed by atoms with Crippen molar-refractivity contribution in [3.05, 3.63) is 69.7 Å². The van der Waals surface area contributed by atoms with Gasteiger partial charge in [-0.05, 0) is 55.3 Å². The highest BCUT2D eigenvalue weighted by Crippen LogP contribution is 2.47. The summed E-state index contributed by atoms with van der Waals surface area (Å²) in [4.78, 5) is 6.07. The Labute approximate surface area is 180 Å². The average molecular weight is 427 g/mol. The Morgan fingerprint density at radius 2 is 2.10 bits per heavy atom. The zero-order chi connectivity index (χ0) is 21.0. The molecule has 1 fully saturated rings. The van der Waals surface area contributed by atoms with Gasteiger partial charge in [-0.3, -0.25) is 0 Å². The second-order valence-corrected chi connectivity index (χ2v) is 8.82. The van der Waals surface area contributed by atoms with Gasteiger partial charge in [0.15, 0.2) is 11.8 Å². The van der Waals surface area contributed by atoms with Gasteiger partial charge in [0, 0.05) is 30.4 Å². The van der Waals surface area contributed by atoms with Crippen LogP contribution in [-0.2, 0) is 25.4 Å². The fourth-order valence-corrected chi connectivity index (χ4v) is 4.17. The van der Waals surface area contributed by atoms with Gasteiger partial charge in [0.2, 0.25) is 0 Å². The fraction of sp³-hybridized carbons (Fsp3) is 0.409. The number of rotatable bonds is 8. The molecule has 0 unspecified atom stereocenters. The monoisotopic (exact) mass is 426 g/mol. The van der Waals surface area contributed by atoms with E-state index >= 15 is 0 Å². The number of benzene rings is 1. The summed E-state index contributed by atoms with van der Waals surface area (Å²) in [6.07, 6.45) is 3.04. The lowest BCUT2D eigenvalue weighted by atomic mass is 9.96. The topological polar surface area (TPSA) is 67.1 Å². The molecule has 1 aliphatic rings. The van der Waals surface area contributed by atoms with E-state index in [-0.39, 0.29) is 11.2 Å². The minimum atomic E-state index is -0.181. The lowest BCUT2D eigenvalue weighted by Crippen LogP contribution is -2.42. The Kier molecular flexibility index (Phi) is 6.13. The number of nitrogens with zero attached hydrogens (tertiary/aromatic N) is 4. The summed E-state index contributed by atoms with van der Waals surface area (Å²) >= 11 is 1.76. The number of guanidine groups is 1. The summed E-state index contributed by atoms with van der Waals surface area (Å²) in [6, 6.07) is 11.2. The van der Waals surface area contributed by atoms with Gasteiger partial charge in [-0.15, -0.1) is 21.5 Å². The van der Waals surface area contributed by atoms with E-state index in [1.54, 1.807) is 23.5 Å². The Morgan fingerprint density at radius 3 is 2.77 bits per heavy atom. The first-order valence-corrected chi connectivity index (χ1v) is 11.1. The summed E-state index contributed by atoms with van der Waals surface area (Å²) in [5.41, 5.74) is 1.04. The molecule has 2 aromatic heterocycles. The maximum absolute atomic E-state index is 13.7. The minimum absolute atomic E-state index is 0.0142. The molecular weight excluding hydrogens is 399 g/mol. The van der Waals surface area contributed by atoms with Crippen molar-refractivity contribution in [2.24, 2.45) is 12.0 Å². The molecule has 0 atom stereocenters. The number of hydrogen-bond donors (Lipinski definition) is 2. The molecule has 6 nitrogen and oxygen atoms in total. The van der Waals surface area contributed by atoms with E-state index in [1.807, 2.05) is 24.6 Å². The zero-order valence-corrected chi connectivity index (χ0v) is 18.2.